The summed E-state index contributed by atoms with van der Waals surface area (Å²) in [5.41, 5.74) is 11.7. The molecule has 0 bridgehead atoms. The van der Waals surface area contributed by atoms with Gasteiger partial charge in [-0.2, -0.15) is 0 Å². The van der Waals surface area contributed by atoms with Gasteiger partial charge in [-0.15, -0.1) is 0 Å². The van der Waals surface area contributed by atoms with Gasteiger partial charge in [0.1, 0.15) is 0 Å². The number of primary amides is 1. The maximum atomic E-state index is 11.1. The van der Waals surface area contributed by atoms with E-state index in [2.05, 4.69) is 37.3 Å². The monoisotopic (exact) mass is 287 g/mol. The number of nitrogens with two attached hydrogens (primary N) is 1. The van der Waals surface area contributed by atoms with Gasteiger partial charge in [0.2, 0.25) is 5.91 Å². The van der Waals surface area contributed by atoms with Crippen LogP contribution in [0.4, 0.5) is 0 Å². The molecule has 3 aromatic carbocycles. The van der Waals surface area contributed by atoms with Crippen molar-refractivity contribution in [3.05, 3.63) is 83.9 Å². The zero-order chi connectivity index (χ0) is 15.5. The summed E-state index contributed by atoms with van der Waals surface area (Å²) in [7, 11) is 0. The zero-order valence-corrected chi connectivity index (χ0v) is 12.4. The Morgan fingerprint density at radius 3 is 2.00 bits per heavy atom. The second kappa shape index (κ2) is 5.86. The predicted molar refractivity (Wildman–Crippen MR) is 90.6 cm³/mol. The first-order valence-electron chi connectivity index (χ1n) is 7.21. The molecule has 0 atom stereocenters. The Balaban J connectivity index is 1.97. The van der Waals surface area contributed by atoms with Crippen LogP contribution in [0.25, 0.3) is 22.3 Å². The average molecular weight is 287 g/mol. The fraction of sp³-hybridized carbons (Fsp3) is 0.0500. The van der Waals surface area contributed by atoms with Gasteiger partial charge in [0.15, 0.2) is 0 Å². The van der Waals surface area contributed by atoms with Crippen LogP contribution >= 0.6 is 0 Å². The molecule has 0 saturated carbocycles. The summed E-state index contributed by atoms with van der Waals surface area (Å²) in [5, 5.41) is 0. The van der Waals surface area contributed by atoms with Crippen LogP contribution < -0.4 is 5.73 Å². The summed E-state index contributed by atoms with van der Waals surface area (Å²) >= 11 is 0. The van der Waals surface area contributed by atoms with Crippen LogP contribution in [0, 0.1) is 6.92 Å². The minimum Gasteiger partial charge on any atom is -0.366 e. The van der Waals surface area contributed by atoms with Gasteiger partial charge < -0.3 is 5.73 Å². The number of rotatable bonds is 3. The number of hydrogen-bond donors (Lipinski definition) is 1. The van der Waals surface area contributed by atoms with E-state index in [1.165, 1.54) is 16.7 Å². The fourth-order valence-electron chi connectivity index (χ4n) is 2.61. The quantitative estimate of drug-likeness (QED) is 0.761. The lowest BCUT2D eigenvalue weighted by Crippen LogP contribution is -2.10. The molecule has 3 rings (SSSR count). The molecular weight excluding hydrogens is 270 g/mol. The van der Waals surface area contributed by atoms with E-state index in [0.717, 1.165) is 11.1 Å². The molecule has 22 heavy (non-hydrogen) atoms. The lowest BCUT2D eigenvalue weighted by atomic mass is 9.95. The summed E-state index contributed by atoms with van der Waals surface area (Å²) in [6, 6.07) is 24.2. The molecule has 0 aliphatic heterocycles. The Bertz CT molecular complexity index is 805. The molecule has 2 nitrogen and oxygen atoms in total. The fourth-order valence-corrected chi connectivity index (χ4v) is 2.61. The first-order chi connectivity index (χ1) is 10.6. The Labute approximate surface area is 130 Å². The molecule has 0 aliphatic carbocycles. The van der Waals surface area contributed by atoms with Gasteiger partial charge in [0.05, 0.1) is 0 Å². The molecule has 1 amide bonds. The highest BCUT2D eigenvalue weighted by atomic mass is 16.1. The molecule has 2 N–H and O–H groups in total. The molecule has 108 valence electrons. The number of benzene rings is 3. The van der Waals surface area contributed by atoms with E-state index < -0.39 is 5.91 Å². The van der Waals surface area contributed by atoms with Crippen LogP contribution in [-0.2, 0) is 0 Å². The highest BCUT2D eigenvalue weighted by molar-refractivity contribution is 5.93. The minimum atomic E-state index is -0.400. The third-order valence-electron chi connectivity index (χ3n) is 3.81. The van der Waals surface area contributed by atoms with Gasteiger partial charge in [0, 0.05) is 5.56 Å². The number of amides is 1. The molecule has 0 aromatic heterocycles. The van der Waals surface area contributed by atoms with Crippen molar-refractivity contribution >= 4 is 5.91 Å². The maximum absolute atomic E-state index is 11.1. The first-order valence-corrected chi connectivity index (χ1v) is 7.21. The van der Waals surface area contributed by atoms with Crippen LogP contribution in [0.5, 0.6) is 0 Å². The van der Waals surface area contributed by atoms with Crippen molar-refractivity contribution in [3.8, 4) is 22.3 Å². The Kier molecular flexibility index (Phi) is 3.75. The van der Waals surface area contributed by atoms with Crippen LogP contribution in [-0.4, -0.2) is 5.91 Å². The first kappa shape index (κ1) is 14.1. The molecule has 0 spiro atoms. The third kappa shape index (κ3) is 2.77. The molecule has 2 heteroatoms. The molecule has 0 aliphatic rings. The summed E-state index contributed by atoms with van der Waals surface area (Å²) in [6.07, 6.45) is 0. The van der Waals surface area contributed by atoms with Gasteiger partial charge in [0.25, 0.3) is 0 Å². The van der Waals surface area contributed by atoms with E-state index in [4.69, 9.17) is 5.73 Å². The van der Waals surface area contributed by atoms with Crippen LogP contribution in [0.15, 0.2) is 72.8 Å². The summed E-state index contributed by atoms with van der Waals surface area (Å²) in [4.78, 5) is 11.1. The maximum Gasteiger partial charge on any atom is 0.248 e. The minimum absolute atomic E-state index is 0.400. The largest absolute Gasteiger partial charge is 0.366 e. The van der Waals surface area contributed by atoms with Crippen molar-refractivity contribution in [2.45, 2.75) is 6.92 Å². The van der Waals surface area contributed by atoms with Crippen molar-refractivity contribution < 1.29 is 4.79 Å². The number of hydrogen-bond acceptors (Lipinski definition) is 1. The van der Waals surface area contributed by atoms with Crippen molar-refractivity contribution in [1.29, 1.82) is 0 Å². The second-order valence-corrected chi connectivity index (χ2v) is 5.34. The number of carbonyl (C=O) groups is 1. The van der Waals surface area contributed by atoms with E-state index in [1.807, 2.05) is 30.3 Å². The number of aryl methyl sites for hydroxylation is 1. The summed E-state index contributed by atoms with van der Waals surface area (Å²) in [6.45, 7) is 2.10. The summed E-state index contributed by atoms with van der Waals surface area (Å²) < 4.78 is 0. The second-order valence-electron chi connectivity index (χ2n) is 5.34. The van der Waals surface area contributed by atoms with Gasteiger partial charge in [-0.25, -0.2) is 0 Å². The SMILES string of the molecule is Cc1cc(-c2ccccc2)ccc1-c1ccc(C(N)=O)cc1. The topological polar surface area (TPSA) is 43.1 Å². The van der Waals surface area contributed by atoms with Gasteiger partial charge in [-0.05, 0) is 46.9 Å². The average Bonchev–Trinajstić information content (AvgIpc) is 2.56. The normalized spacial score (nSPS) is 10.4. The van der Waals surface area contributed by atoms with Crippen molar-refractivity contribution in [1.82, 2.24) is 0 Å². The van der Waals surface area contributed by atoms with E-state index in [9.17, 15) is 4.79 Å². The zero-order valence-electron chi connectivity index (χ0n) is 12.4. The molecule has 0 heterocycles. The number of carbonyl (C=O) groups excluding carboxylic acids is 1. The molecule has 0 unspecified atom stereocenters. The van der Waals surface area contributed by atoms with Crippen LogP contribution in [0.1, 0.15) is 15.9 Å². The predicted octanol–water partition coefficient (Wildman–Crippen LogP) is 4.43. The van der Waals surface area contributed by atoms with E-state index >= 15 is 0 Å². The summed E-state index contributed by atoms with van der Waals surface area (Å²) in [5.74, 6) is -0.400. The van der Waals surface area contributed by atoms with Crippen molar-refractivity contribution in [2.24, 2.45) is 5.73 Å². The highest BCUT2D eigenvalue weighted by Crippen LogP contribution is 2.28. The van der Waals surface area contributed by atoms with Crippen molar-refractivity contribution in [3.63, 3.8) is 0 Å². The molecule has 0 fully saturated rings. The Morgan fingerprint density at radius 1 is 0.773 bits per heavy atom. The van der Waals surface area contributed by atoms with Crippen molar-refractivity contribution in [2.75, 3.05) is 0 Å². The van der Waals surface area contributed by atoms with Gasteiger partial charge in [-0.1, -0.05) is 60.7 Å². The van der Waals surface area contributed by atoms with Gasteiger partial charge in [-0.3, -0.25) is 4.79 Å². The molecular formula is C20H17NO. The standard InChI is InChI=1S/C20H17NO/c1-14-13-18(15-5-3-2-4-6-15)11-12-19(14)16-7-9-17(10-8-16)20(21)22/h2-13H,1H3,(H2,21,22). The van der Waals surface area contributed by atoms with E-state index in [-0.39, 0.29) is 0 Å². The van der Waals surface area contributed by atoms with E-state index in [0.29, 0.717) is 5.56 Å². The lowest BCUT2D eigenvalue weighted by molar-refractivity contribution is 0.100. The molecule has 0 radical (unpaired) electrons. The van der Waals surface area contributed by atoms with Crippen LogP contribution in [0.3, 0.4) is 0 Å². The molecule has 3 aromatic rings. The third-order valence-corrected chi connectivity index (χ3v) is 3.81. The Hall–Kier alpha value is -2.87. The lowest BCUT2D eigenvalue weighted by Gasteiger charge is -2.10. The van der Waals surface area contributed by atoms with Gasteiger partial charge >= 0.3 is 0 Å². The van der Waals surface area contributed by atoms with E-state index in [1.54, 1.807) is 12.1 Å². The smallest absolute Gasteiger partial charge is 0.248 e. The molecule has 0 saturated heterocycles. The van der Waals surface area contributed by atoms with Crippen LogP contribution in [0.2, 0.25) is 0 Å². The highest BCUT2D eigenvalue weighted by Gasteiger charge is 2.06. The Morgan fingerprint density at radius 2 is 1.41 bits per heavy atom.